The Kier molecular flexibility index (Phi) is 4.95. The number of hydrogen-bond donors (Lipinski definition) is 3. The number of carbonyl (C=O) groups excluding carboxylic acids is 1. The SMILES string of the molecule is C[C@@H](O)CNC(=O)C(N)Cc1ccccc1. The van der Waals surface area contributed by atoms with Gasteiger partial charge in [-0.25, -0.2) is 0 Å². The third-order valence-corrected chi connectivity index (χ3v) is 2.21. The Morgan fingerprint density at radius 2 is 2.06 bits per heavy atom. The number of nitrogens with one attached hydrogen (secondary N) is 1. The van der Waals surface area contributed by atoms with Gasteiger partial charge in [-0.1, -0.05) is 30.3 Å². The van der Waals surface area contributed by atoms with E-state index in [0.717, 1.165) is 5.56 Å². The summed E-state index contributed by atoms with van der Waals surface area (Å²) in [7, 11) is 0. The molecular formula is C12H18N2O2. The first-order valence-electron chi connectivity index (χ1n) is 5.35. The van der Waals surface area contributed by atoms with Crippen molar-refractivity contribution in [1.29, 1.82) is 0 Å². The van der Waals surface area contributed by atoms with Crippen LogP contribution in [0.15, 0.2) is 30.3 Å². The summed E-state index contributed by atoms with van der Waals surface area (Å²) in [6, 6.07) is 9.04. The molecule has 16 heavy (non-hydrogen) atoms. The third kappa shape index (κ3) is 4.42. The van der Waals surface area contributed by atoms with E-state index in [1.54, 1.807) is 6.92 Å². The Hall–Kier alpha value is -1.39. The number of hydrogen-bond acceptors (Lipinski definition) is 3. The van der Waals surface area contributed by atoms with Crippen LogP contribution in [0.1, 0.15) is 12.5 Å². The van der Waals surface area contributed by atoms with Gasteiger partial charge < -0.3 is 16.2 Å². The number of rotatable bonds is 5. The van der Waals surface area contributed by atoms with Crippen LogP contribution in [0.2, 0.25) is 0 Å². The van der Waals surface area contributed by atoms with Crippen LogP contribution in [0.4, 0.5) is 0 Å². The van der Waals surface area contributed by atoms with Crippen LogP contribution in [-0.4, -0.2) is 29.7 Å². The third-order valence-electron chi connectivity index (χ3n) is 2.21. The van der Waals surface area contributed by atoms with E-state index in [1.807, 2.05) is 30.3 Å². The zero-order valence-electron chi connectivity index (χ0n) is 9.39. The number of benzene rings is 1. The van der Waals surface area contributed by atoms with Gasteiger partial charge in [0.25, 0.3) is 0 Å². The van der Waals surface area contributed by atoms with E-state index in [2.05, 4.69) is 5.32 Å². The molecule has 1 aromatic carbocycles. The molecule has 4 nitrogen and oxygen atoms in total. The fourth-order valence-corrected chi connectivity index (χ4v) is 1.34. The van der Waals surface area contributed by atoms with Crippen LogP contribution in [-0.2, 0) is 11.2 Å². The Morgan fingerprint density at radius 3 is 2.62 bits per heavy atom. The van der Waals surface area contributed by atoms with Gasteiger partial charge in [-0.2, -0.15) is 0 Å². The van der Waals surface area contributed by atoms with E-state index in [0.29, 0.717) is 6.42 Å². The lowest BCUT2D eigenvalue weighted by Gasteiger charge is -2.13. The van der Waals surface area contributed by atoms with Gasteiger partial charge in [-0.3, -0.25) is 4.79 Å². The fourth-order valence-electron chi connectivity index (χ4n) is 1.34. The number of aliphatic hydroxyl groups excluding tert-OH is 1. The van der Waals surface area contributed by atoms with Gasteiger partial charge in [0.2, 0.25) is 5.91 Å². The quantitative estimate of drug-likeness (QED) is 0.659. The summed E-state index contributed by atoms with van der Waals surface area (Å²) in [5.74, 6) is -0.232. The molecule has 1 unspecified atom stereocenters. The molecule has 0 radical (unpaired) electrons. The lowest BCUT2D eigenvalue weighted by Crippen LogP contribution is -2.44. The van der Waals surface area contributed by atoms with Crippen LogP contribution in [0.3, 0.4) is 0 Å². The standard InChI is InChI=1S/C12H18N2O2/c1-9(15)8-14-12(16)11(13)7-10-5-3-2-4-6-10/h2-6,9,11,15H,7-8,13H2,1H3,(H,14,16)/t9-,11?/m1/s1. The van der Waals surface area contributed by atoms with Gasteiger partial charge >= 0.3 is 0 Å². The molecule has 88 valence electrons. The van der Waals surface area contributed by atoms with E-state index in [-0.39, 0.29) is 12.5 Å². The second kappa shape index (κ2) is 6.25. The first-order valence-corrected chi connectivity index (χ1v) is 5.35. The maximum atomic E-state index is 11.5. The minimum Gasteiger partial charge on any atom is -0.392 e. The molecule has 0 saturated carbocycles. The maximum absolute atomic E-state index is 11.5. The van der Waals surface area contributed by atoms with Crippen molar-refractivity contribution in [3.05, 3.63) is 35.9 Å². The second-order valence-corrected chi connectivity index (χ2v) is 3.89. The van der Waals surface area contributed by atoms with E-state index in [9.17, 15) is 4.79 Å². The van der Waals surface area contributed by atoms with Gasteiger partial charge in [0.1, 0.15) is 0 Å². The molecule has 0 aliphatic rings. The molecule has 0 bridgehead atoms. The van der Waals surface area contributed by atoms with Gasteiger partial charge in [-0.05, 0) is 18.9 Å². The predicted molar refractivity (Wildman–Crippen MR) is 62.8 cm³/mol. The first-order chi connectivity index (χ1) is 7.59. The zero-order valence-corrected chi connectivity index (χ0v) is 9.39. The van der Waals surface area contributed by atoms with Crippen molar-refractivity contribution in [2.24, 2.45) is 5.73 Å². The number of amides is 1. The Balaban J connectivity index is 2.40. The van der Waals surface area contributed by atoms with E-state index in [4.69, 9.17) is 10.8 Å². The van der Waals surface area contributed by atoms with Gasteiger partial charge in [-0.15, -0.1) is 0 Å². The summed E-state index contributed by atoms with van der Waals surface area (Å²) in [6.45, 7) is 1.85. The molecule has 0 aromatic heterocycles. The molecule has 0 fully saturated rings. The molecule has 2 atom stereocenters. The van der Waals surface area contributed by atoms with Crippen molar-refractivity contribution in [3.8, 4) is 0 Å². The Bertz CT molecular complexity index is 325. The summed E-state index contributed by atoms with van der Waals surface area (Å²) in [6.07, 6.45) is -0.0418. The first kappa shape index (κ1) is 12.7. The highest BCUT2D eigenvalue weighted by atomic mass is 16.3. The van der Waals surface area contributed by atoms with Crippen LogP contribution in [0, 0.1) is 0 Å². The van der Waals surface area contributed by atoms with Crippen LogP contribution >= 0.6 is 0 Å². The van der Waals surface area contributed by atoms with Gasteiger partial charge in [0, 0.05) is 6.54 Å². The highest BCUT2D eigenvalue weighted by Crippen LogP contribution is 2.01. The Morgan fingerprint density at radius 1 is 1.44 bits per heavy atom. The summed E-state index contributed by atoms with van der Waals surface area (Å²) in [5, 5.41) is 11.6. The highest BCUT2D eigenvalue weighted by molar-refractivity contribution is 5.81. The van der Waals surface area contributed by atoms with Crippen molar-refractivity contribution in [1.82, 2.24) is 5.32 Å². The van der Waals surface area contributed by atoms with Crippen LogP contribution < -0.4 is 11.1 Å². The lowest BCUT2D eigenvalue weighted by atomic mass is 10.1. The van der Waals surface area contributed by atoms with Crippen molar-refractivity contribution >= 4 is 5.91 Å². The summed E-state index contributed by atoms with van der Waals surface area (Å²) < 4.78 is 0. The number of aliphatic hydroxyl groups is 1. The summed E-state index contributed by atoms with van der Waals surface area (Å²) in [5.41, 5.74) is 6.77. The summed E-state index contributed by atoms with van der Waals surface area (Å²) in [4.78, 5) is 11.5. The van der Waals surface area contributed by atoms with E-state index in [1.165, 1.54) is 0 Å². The Labute approximate surface area is 95.5 Å². The van der Waals surface area contributed by atoms with Crippen molar-refractivity contribution < 1.29 is 9.90 Å². The van der Waals surface area contributed by atoms with Crippen molar-refractivity contribution in [2.45, 2.75) is 25.5 Å². The smallest absolute Gasteiger partial charge is 0.237 e. The number of nitrogens with two attached hydrogens (primary N) is 1. The monoisotopic (exact) mass is 222 g/mol. The number of carbonyl (C=O) groups is 1. The highest BCUT2D eigenvalue weighted by Gasteiger charge is 2.13. The largest absolute Gasteiger partial charge is 0.392 e. The molecule has 0 aliphatic heterocycles. The molecule has 0 heterocycles. The second-order valence-electron chi connectivity index (χ2n) is 3.89. The van der Waals surface area contributed by atoms with E-state index < -0.39 is 12.1 Å². The molecule has 0 aliphatic carbocycles. The average Bonchev–Trinajstić information content (AvgIpc) is 2.27. The molecule has 4 heteroatoms. The predicted octanol–water partition coefficient (Wildman–Crippen LogP) is 0.0534. The zero-order chi connectivity index (χ0) is 12.0. The normalized spacial score (nSPS) is 14.2. The van der Waals surface area contributed by atoms with Gasteiger partial charge in [0.15, 0.2) is 0 Å². The molecule has 1 rings (SSSR count). The molecule has 0 saturated heterocycles. The molecule has 0 spiro atoms. The minimum absolute atomic E-state index is 0.232. The molecule has 1 amide bonds. The van der Waals surface area contributed by atoms with E-state index >= 15 is 0 Å². The van der Waals surface area contributed by atoms with Crippen molar-refractivity contribution in [2.75, 3.05) is 6.54 Å². The fraction of sp³-hybridized carbons (Fsp3) is 0.417. The molecule has 4 N–H and O–H groups in total. The van der Waals surface area contributed by atoms with Gasteiger partial charge in [0.05, 0.1) is 12.1 Å². The molecular weight excluding hydrogens is 204 g/mol. The van der Waals surface area contributed by atoms with Crippen LogP contribution in [0.25, 0.3) is 0 Å². The van der Waals surface area contributed by atoms with Crippen molar-refractivity contribution in [3.63, 3.8) is 0 Å². The topological polar surface area (TPSA) is 75.3 Å². The maximum Gasteiger partial charge on any atom is 0.237 e. The summed E-state index contributed by atoms with van der Waals surface area (Å²) >= 11 is 0. The lowest BCUT2D eigenvalue weighted by molar-refractivity contribution is -0.122. The average molecular weight is 222 g/mol. The van der Waals surface area contributed by atoms with Crippen LogP contribution in [0.5, 0.6) is 0 Å². The molecule has 1 aromatic rings. The minimum atomic E-state index is -0.568.